The van der Waals surface area contributed by atoms with Crippen LogP contribution in [0.4, 0.5) is 5.82 Å². The molecule has 1 N–H and O–H groups in total. The monoisotopic (exact) mass is 193 g/mol. The standard InChI is InChI=1S/C11H19N3/c1-5-6-8(2)13-11-7-12-9(3)10(4)14-11/h7-8H,5-6H2,1-4H3,(H,13,14). The molecule has 3 nitrogen and oxygen atoms in total. The van der Waals surface area contributed by atoms with Gasteiger partial charge in [-0.2, -0.15) is 0 Å². The third kappa shape index (κ3) is 2.98. The van der Waals surface area contributed by atoms with Crippen molar-refractivity contribution in [2.45, 2.75) is 46.6 Å². The number of aromatic nitrogens is 2. The molecule has 1 aromatic heterocycles. The lowest BCUT2D eigenvalue weighted by Gasteiger charge is -2.13. The summed E-state index contributed by atoms with van der Waals surface area (Å²) in [6.45, 7) is 8.31. The summed E-state index contributed by atoms with van der Waals surface area (Å²) in [7, 11) is 0. The van der Waals surface area contributed by atoms with Crippen molar-refractivity contribution in [3.63, 3.8) is 0 Å². The fourth-order valence-corrected chi connectivity index (χ4v) is 1.37. The third-order valence-electron chi connectivity index (χ3n) is 2.31. The van der Waals surface area contributed by atoms with Gasteiger partial charge in [0, 0.05) is 6.04 Å². The van der Waals surface area contributed by atoms with E-state index < -0.39 is 0 Å². The Bertz CT molecular complexity index is 297. The van der Waals surface area contributed by atoms with Gasteiger partial charge < -0.3 is 5.32 Å². The topological polar surface area (TPSA) is 37.8 Å². The van der Waals surface area contributed by atoms with E-state index in [4.69, 9.17) is 0 Å². The molecule has 0 aromatic carbocycles. The second kappa shape index (κ2) is 4.94. The van der Waals surface area contributed by atoms with Crippen LogP contribution in [-0.4, -0.2) is 16.0 Å². The minimum absolute atomic E-state index is 0.469. The highest BCUT2D eigenvalue weighted by atomic mass is 15.0. The van der Waals surface area contributed by atoms with E-state index in [-0.39, 0.29) is 0 Å². The average molecular weight is 193 g/mol. The summed E-state index contributed by atoms with van der Waals surface area (Å²) in [4.78, 5) is 8.69. The van der Waals surface area contributed by atoms with Gasteiger partial charge in [0.05, 0.1) is 17.6 Å². The third-order valence-corrected chi connectivity index (χ3v) is 2.31. The van der Waals surface area contributed by atoms with Gasteiger partial charge in [0.2, 0.25) is 0 Å². The highest BCUT2D eigenvalue weighted by Gasteiger charge is 2.03. The zero-order valence-corrected chi connectivity index (χ0v) is 9.46. The normalized spacial score (nSPS) is 12.6. The lowest BCUT2D eigenvalue weighted by molar-refractivity contribution is 0.686. The summed E-state index contributed by atoms with van der Waals surface area (Å²) in [6.07, 6.45) is 4.15. The molecule has 1 aromatic rings. The maximum atomic E-state index is 4.42. The van der Waals surface area contributed by atoms with Crippen LogP contribution in [0.15, 0.2) is 6.20 Å². The molecule has 0 saturated carbocycles. The van der Waals surface area contributed by atoms with Gasteiger partial charge in [0.25, 0.3) is 0 Å². The highest BCUT2D eigenvalue weighted by Crippen LogP contribution is 2.08. The summed E-state index contributed by atoms with van der Waals surface area (Å²) in [6, 6.07) is 0.469. The van der Waals surface area contributed by atoms with Crippen molar-refractivity contribution in [1.82, 2.24) is 9.97 Å². The van der Waals surface area contributed by atoms with Gasteiger partial charge in [-0.3, -0.25) is 4.98 Å². The number of hydrogen-bond acceptors (Lipinski definition) is 3. The summed E-state index contributed by atoms with van der Waals surface area (Å²) >= 11 is 0. The molecule has 0 aliphatic carbocycles. The van der Waals surface area contributed by atoms with Crippen LogP contribution in [-0.2, 0) is 0 Å². The fraction of sp³-hybridized carbons (Fsp3) is 0.636. The molecular weight excluding hydrogens is 174 g/mol. The Balaban J connectivity index is 2.63. The molecule has 0 aliphatic heterocycles. The summed E-state index contributed by atoms with van der Waals surface area (Å²) in [5.74, 6) is 0.883. The number of rotatable bonds is 4. The Morgan fingerprint density at radius 1 is 1.36 bits per heavy atom. The molecule has 78 valence electrons. The van der Waals surface area contributed by atoms with Gasteiger partial charge in [0.1, 0.15) is 5.82 Å². The molecular formula is C11H19N3. The second-order valence-electron chi connectivity index (χ2n) is 3.76. The van der Waals surface area contributed by atoms with E-state index >= 15 is 0 Å². The summed E-state index contributed by atoms with van der Waals surface area (Å²) in [5.41, 5.74) is 2.00. The van der Waals surface area contributed by atoms with E-state index in [2.05, 4.69) is 29.1 Å². The van der Waals surface area contributed by atoms with Crippen molar-refractivity contribution in [2.75, 3.05) is 5.32 Å². The number of aryl methyl sites for hydroxylation is 2. The maximum Gasteiger partial charge on any atom is 0.145 e. The molecule has 3 heteroatoms. The first-order valence-corrected chi connectivity index (χ1v) is 5.20. The van der Waals surface area contributed by atoms with Gasteiger partial charge in [-0.25, -0.2) is 4.98 Å². The van der Waals surface area contributed by atoms with E-state index in [0.717, 1.165) is 23.6 Å². The summed E-state index contributed by atoms with van der Waals surface area (Å²) in [5, 5.41) is 3.34. The first kappa shape index (κ1) is 11.0. The van der Waals surface area contributed by atoms with Crippen molar-refractivity contribution in [3.05, 3.63) is 17.6 Å². The minimum atomic E-state index is 0.469. The average Bonchev–Trinajstić information content (AvgIpc) is 2.12. The minimum Gasteiger partial charge on any atom is -0.366 e. The number of hydrogen-bond donors (Lipinski definition) is 1. The van der Waals surface area contributed by atoms with Crippen LogP contribution in [0, 0.1) is 13.8 Å². The first-order valence-electron chi connectivity index (χ1n) is 5.20. The van der Waals surface area contributed by atoms with E-state index in [1.54, 1.807) is 6.20 Å². The van der Waals surface area contributed by atoms with Gasteiger partial charge in [0.15, 0.2) is 0 Å². The Morgan fingerprint density at radius 3 is 2.64 bits per heavy atom. The Hall–Kier alpha value is -1.12. The van der Waals surface area contributed by atoms with Crippen LogP contribution in [0.3, 0.4) is 0 Å². The Labute approximate surface area is 86.0 Å². The van der Waals surface area contributed by atoms with E-state index in [1.807, 2.05) is 13.8 Å². The van der Waals surface area contributed by atoms with Crippen LogP contribution in [0.5, 0.6) is 0 Å². The van der Waals surface area contributed by atoms with Crippen molar-refractivity contribution in [2.24, 2.45) is 0 Å². The molecule has 0 bridgehead atoms. The van der Waals surface area contributed by atoms with Crippen LogP contribution < -0.4 is 5.32 Å². The Kier molecular flexibility index (Phi) is 3.86. The number of nitrogens with one attached hydrogen (secondary N) is 1. The predicted molar refractivity (Wildman–Crippen MR) is 59.5 cm³/mol. The van der Waals surface area contributed by atoms with E-state index in [0.29, 0.717) is 6.04 Å². The maximum absolute atomic E-state index is 4.42. The van der Waals surface area contributed by atoms with Crippen LogP contribution in [0.25, 0.3) is 0 Å². The second-order valence-corrected chi connectivity index (χ2v) is 3.76. The molecule has 1 unspecified atom stereocenters. The molecule has 0 saturated heterocycles. The van der Waals surface area contributed by atoms with Gasteiger partial charge in [-0.15, -0.1) is 0 Å². The molecule has 0 amide bonds. The molecule has 1 rings (SSSR count). The van der Waals surface area contributed by atoms with Crippen molar-refractivity contribution in [1.29, 1.82) is 0 Å². The Morgan fingerprint density at radius 2 is 2.07 bits per heavy atom. The zero-order chi connectivity index (χ0) is 10.6. The molecule has 1 heterocycles. The van der Waals surface area contributed by atoms with Gasteiger partial charge in [-0.1, -0.05) is 13.3 Å². The summed E-state index contributed by atoms with van der Waals surface area (Å²) < 4.78 is 0. The molecule has 1 atom stereocenters. The van der Waals surface area contributed by atoms with E-state index in [1.165, 1.54) is 6.42 Å². The van der Waals surface area contributed by atoms with E-state index in [9.17, 15) is 0 Å². The SMILES string of the molecule is CCCC(C)Nc1cnc(C)c(C)n1. The fourth-order valence-electron chi connectivity index (χ4n) is 1.37. The lowest BCUT2D eigenvalue weighted by atomic mass is 10.2. The molecule has 14 heavy (non-hydrogen) atoms. The molecule has 0 aliphatic rings. The van der Waals surface area contributed by atoms with Gasteiger partial charge >= 0.3 is 0 Å². The highest BCUT2D eigenvalue weighted by molar-refractivity contribution is 5.34. The zero-order valence-electron chi connectivity index (χ0n) is 9.46. The lowest BCUT2D eigenvalue weighted by Crippen LogP contribution is -2.16. The van der Waals surface area contributed by atoms with Crippen LogP contribution in [0.1, 0.15) is 38.1 Å². The smallest absolute Gasteiger partial charge is 0.145 e. The quantitative estimate of drug-likeness (QED) is 0.799. The molecule has 0 spiro atoms. The first-order chi connectivity index (χ1) is 6.63. The van der Waals surface area contributed by atoms with Crippen molar-refractivity contribution < 1.29 is 0 Å². The van der Waals surface area contributed by atoms with Gasteiger partial charge in [-0.05, 0) is 27.2 Å². The van der Waals surface area contributed by atoms with Crippen LogP contribution >= 0.6 is 0 Å². The largest absolute Gasteiger partial charge is 0.366 e. The van der Waals surface area contributed by atoms with Crippen molar-refractivity contribution >= 4 is 5.82 Å². The molecule has 0 fully saturated rings. The number of anilines is 1. The number of nitrogens with zero attached hydrogens (tertiary/aromatic N) is 2. The molecule has 0 radical (unpaired) electrons. The predicted octanol–water partition coefficient (Wildman–Crippen LogP) is 2.69. The van der Waals surface area contributed by atoms with Crippen molar-refractivity contribution in [3.8, 4) is 0 Å². The van der Waals surface area contributed by atoms with Crippen LogP contribution in [0.2, 0.25) is 0 Å².